The summed E-state index contributed by atoms with van der Waals surface area (Å²) in [5.41, 5.74) is -0.176. The molecule has 18 heavy (non-hydrogen) atoms. The topological polar surface area (TPSA) is 90.6 Å². The molecule has 2 unspecified atom stereocenters. The van der Waals surface area contributed by atoms with Gasteiger partial charge in [0.2, 0.25) is 0 Å². The van der Waals surface area contributed by atoms with Crippen LogP contribution in [0.5, 0.6) is 0 Å². The number of nitriles is 1. The molecule has 0 saturated carbocycles. The van der Waals surface area contributed by atoms with Crippen molar-refractivity contribution < 1.29 is 24.1 Å². The predicted octanol–water partition coefficient (Wildman–Crippen LogP) is 0.655. The minimum atomic E-state index is -1.86. The Hall–Kier alpha value is -1.97. The van der Waals surface area contributed by atoms with Crippen molar-refractivity contribution in [2.45, 2.75) is 19.1 Å². The number of esters is 1. The monoisotopic (exact) mass is 253 g/mol. The average molecular weight is 253 g/mol. The van der Waals surface area contributed by atoms with Gasteiger partial charge in [-0.15, -0.1) is 0 Å². The number of carbonyl (C=O) groups excluding carboxylic acids is 1. The molecule has 0 spiro atoms. The molecule has 1 aromatic carbocycles. The fourth-order valence-electron chi connectivity index (χ4n) is 1.41. The van der Waals surface area contributed by atoms with Gasteiger partial charge in [0.25, 0.3) is 0 Å². The third-order valence-corrected chi connectivity index (χ3v) is 2.28. The van der Waals surface area contributed by atoms with Crippen LogP contribution in [-0.2, 0) is 9.53 Å². The van der Waals surface area contributed by atoms with Crippen LogP contribution in [0.15, 0.2) is 18.2 Å². The van der Waals surface area contributed by atoms with Gasteiger partial charge >= 0.3 is 5.97 Å². The largest absolute Gasteiger partial charge is 0.464 e. The van der Waals surface area contributed by atoms with E-state index < -0.39 is 24.0 Å². The van der Waals surface area contributed by atoms with E-state index in [-0.39, 0.29) is 17.7 Å². The zero-order chi connectivity index (χ0) is 13.7. The highest BCUT2D eigenvalue weighted by Crippen LogP contribution is 2.22. The van der Waals surface area contributed by atoms with E-state index in [4.69, 9.17) is 5.26 Å². The lowest BCUT2D eigenvalue weighted by molar-refractivity contribution is -0.159. The first kappa shape index (κ1) is 14.1. The van der Waals surface area contributed by atoms with Crippen LogP contribution in [0.2, 0.25) is 0 Å². The molecule has 2 atom stereocenters. The number of halogens is 1. The predicted molar refractivity (Wildman–Crippen MR) is 58.7 cm³/mol. The SMILES string of the molecule is CCOC(=O)C(O)C(O)c1cc(F)ccc1C#N. The van der Waals surface area contributed by atoms with Crippen LogP contribution >= 0.6 is 0 Å². The minimum absolute atomic E-state index is 0.0211. The number of carbonyl (C=O) groups is 1. The summed E-state index contributed by atoms with van der Waals surface area (Å²) in [5.74, 6) is -1.71. The van der Waals surface area contributed by atoms with Crippen LogP contribution in [0.3, 0.4) is 0 Å². The summed E-state index contributed by atoms with van der Waals surface area (Å²) < 4.78 is 17.6. The first-order valence-electron chi connectivity index (χ1n) is 5.23. The Morgan fingerprint density at radius 2 is 2.22 bits per heavy atom. The highest BCUT2D eigenvalue weighted by Gasteiger charge is 2.29. The second-order valence-corrected chi connectivity index (χ2v) is 3.49. The summed E-state index contributed by atoms with van der Waals surface area (Å²) in [4.78, 5) is 11.2. The molecule has 0 aromatic heterocycles. The first-order chi connectivity index (χ1) is 8.51. The second kappa shape index (κ2) is 6.10. The van der Waals surface area contributed by atoms with E-state index >= 15 is 0 Å². The zero-order valence-electron chi connectivity index (χ0n) is 9.63. The van der Waals surface area contributed by atoms with Gasteiger partial charge in [0.1, 0.15) is 11.9 Å². The van der Waals surface area contributed by atoms with E-state index in [2.05, 4.69) is 4.74 Å². The smallest absolute Gasteiger partial charge is 0.338 e. The quantitative estimate of drug-likeness (QED) is 0.769. The van der Waals surface area contributed by atoms with Crippen LogP contribution < -0.4 is 0 Å². The highest BCUT2D eigenvalue weighted by molar-refractivity contribution is 5.75. The molecule has 0 aliphatic rings. The molecule has 1 aromatic rings. The van der Waals surface area contributed by atoms with Gasteiger partial charge < -0.3 is 14.9 Å². The molecule has 0 fully saturated rings. The van der Waals surface area contributed by atoms with Crippen LogP contribution in [0.25, 0.3) is 0 Å². The van der Waals surface area contributed by atoms with Crippen molar-refractivity contribution in [3.05, 3.63) is 35.1 Å². The lowest BCUT2D eigenvalue weighted by Crippen LogP contribution is -2.30. The summed E-state index contributed by atoms with van der Waals surface area (Å²) in [6, 6.07) is 4.84. The maximum absolute atomic E-state index is 13.0. The lowest BCUT2D eigenvalue weighted by atomic mass is 9.99. The number of aliphatic hydroxyl groups is 2. The number of benzene rings is 1. The van der Waals surface area contributed by atoms with E-state index in [9.17, 15) is 19.4 Å². The Labute approximate surface area is 103 Å². The number of ether oxygens (including phenoxy) is 1. The van der Waals surface area contributed by atoms with Gasteiger partial charge in [0.05, 0.1) is 18.2 Å². The molecular weight excluding hydrogens is 241 g/mol. The van der Waals surface area contributed by atoms with E-state index in [0.717, 1.165) is 18.2 Å². The molecular formula is C12H12FNO4. The maximum atomic E-state index is 13.0. The Balaban J connectivity index is 3.03. The van der Waals surface area contributed by atoms with Gasteiger partial charge in [-0.25, -0.2) is 9.18 Å². The first-order valence-corrected chi connectivity index (χ1v) is 5.23. The molecule has 0 aliphatic heterocycles. The van der Waals surface area contributed by atoms with E-state index in [1.807, 2.05) is 0 Å². The molecule has 0 aliphatic carbocycles. The second-order valence-electron chi connectivity index (χ2n) is 3.49. The summed E-state index contributed by atoms with van der Waals surface area (Å²) in [6.45, 7) is 1.58. The Bertz CT molecular complexity index is 483. The van der Waals surface area contributed by atoms with Crippen molar-refractivity contribution in [1.29, 1.82) is 5.26 Å². The summed E-state index contributed by atoms with van der Waals surface area (Å²) in [6.07, 6.45) is -3.58. The van der Waals surface area contributed by atoms with Crippen molar-refractivity contribution >= 4 is 5.97 Å². The highest BCUT2D eigenvalue weighted by atomic mass is 19.1. The van der Waals surface area contributed by atoms with Crippen molar-refractivity contribution in [1.82, 2.24) is 0 Å². The summed E-state index contributed by atoms with van der Waals surface area (Å²) in [5, 5.41) is 28.1. The molecule has 0 saturated heterocycles. The van der Waals surface area contributed by atoms with Crippen LogP contribution in [0.4, 0.5) is 4.39 Å². The molecule has 96 valence electrons. The van der Waals surface area contributed by atoms with Crippen LogP contribution in [0, 0.1) is 17.1 Å². The molecule has 1 rings (SSSR count). The van der Waals surface area contributed by atoms with Gasteiger partial charge in [0, 0.05) is 5.56 Å². The number of aliphatic hydroxyl groups excluding tert-OH is 2. The van der Waals surface area contributed by atoms with Gasteiger partial charge in [0.15, 0.2) is 6.10 Å². The van der Waals surface area contributed by atoms with Gasteiger partial charge in [-0.3, -0.25) is 0 Å². The van der Waals surface area contributed by atoms with E-state index in [1.54, 1.807) is 13.0 Å². The number of rotatable bonds is 4. The Kier molecular flexibility index (Phi) is 4.77. The maximum Gasteiger partial charge on any atom is 0.338 e. The van der Waals surface area contributed by atoms with E-state index in [1.165, 1.54) is 0 Å². The van der Waals surface area contributed by atoms with E-state index in [0.29, 0.717) is 0 Å². The third-order valence-electron chi connectivity index (χ3n) is 2.28. The van der Waals surface area contributed by atoms with Crippen molar-refractivity contribution in [2.24, 2.45) is 0 Å². The summed E-state index contributed by atoms with van der Waals surface area (Å²) >= 11 is 0. The van der Waals surface area contributed by atoms with Crippen molar-refractivity contribution in [3.8, 4) is 6.07 Å². The standard InChI is InChI=1S/C12H12FNO4/c1-2-18-12(17)11(16)10(15)9-5-8(13)4-3-7(9)6-14/h3-5,10-11,15-16H,2H2,1H3. The zero-order valence-corrected chi connectivity index (χ0v) is 9.63. The Morgan fingerprint density at radius 3 is 2.78 bits per heavy atom. The van der Waals surface area contributed by atoms with Crippen LogP contribution in [0.1, 0.15) is 24.2 Å². The van der Waals surface area contributed by atoms with Crippen molar-refractivity contribution in [2.75, 3.05) is 6.61 Å². The fraction of sp³-hybridized carbons (Fsp3) is 0.333. The molecule has 2 N–H and O–H groups in total. The van der Waals surface area contributed by atoms with Crippen molar-refractivity contribution in [3.63, 3.8) is 0 Å². The van der Waals surface area contributed by atoms with Gasteiger partial charge in [-0.05, 0) is 25.1 Å². The molecule has 5 nitrogen and oxygen atoms in total. The number of hydrogen-bond donors (Lipinski definition) is 2. The minimum Gasteiger partial charge on any atom is -0.464 e. The Morgan fingerprint density at radius 1 is 1.56 bits per heavy atom. The fourth-order valence-corrected chi connectivity index (χ4v) is 1.41. The van der Waals surface area contributed by atoms with Gasteiger partial charge in [-0.1, -0.05) is 0 Å². The summed E-state index contributed by atoms with van der Waals surface area (Å²) in [7, 11) is 0. The molecule has 0 heterocycles. The lowest BCUT2D eigenvalue weighted by Gasteiger charge is -2.17. The number of hydrogen-bond acceptors (Lipinski definition) is 5. The molecule has 6 heteroatoms. The normalized spacial score (nSPS) is 13.5. The average Bonchev–Trinajstić information content (AvgIpc) is 2.37. The van der Waals surface area contributed by atoms with Crippen LogP contribution in [-0.4, -0.2) is 28.9 Å². The molecule has 0 radical (unpaired) electrons. The number of nitrogens with zero attached hydrogens (tertiary/aromatic N) is 1. The third kappa shape index (κ3) is 3.03. The van der Waals surface area contributed by atoms with Gasteiger partial charge in [-0.2, -0.15) is 5.26 Å². The molecule has 0 amide bonds. The molecule has 0 bridgehead atoms.